The second-order valence-corrected chi connectivity index (χ2v) is 6.95. The number of rotatable bonds is 6. The molecule has 0 radical (unpaired) electrons. The average molecular weight is 391 g/mol. The predicted molar refractivity (Wildman–Crippen MR) is 95.7 cm³/mol. The molecule has 1 atom stereocenters. The Morgan fingerprint density at radius 1 is 1.29 bits per heavy atom. The van der Waals surface area contributed by atoms with Crippen molar-refractivity contribution < 1.29 is 33.4 Å². The molecule has 1 fully saturated rings. The third kappa shape index (κ3) is 4.00. The summed E-state index contributed by atoms with van der Waals surface area (Å²) in [6.45, 7) is 4.58. The van der Waals surface area contributed by atoms with Gasteiger partial charge in [-0.25, -0.2) is 4.79 Å². The number of imide groups is 1. The summed E-state index contributed by atoms with van der Waals surface area (Å²) in [7, 11) is 0. The lowest BCUT2D eigenvalue weighted by Gasteiger charge is -2.17. The standard InChI is InChI=1S/C18H21N3O7/c1-10(15(23)19-11-4-5-12-13(8-11)27-9-26-12)28-14(22)6-7-21-16(24)18(2,3)20-17(21)25/h4-5,8,10H,6-7,9H2,1-3H3,(H,19,23)(H,20,25)/t10-/m1/s1. The monoisotopic (exact) mass is 391 g/mol. The number of hydrogen-bond acceptors (Lipinski definition) is 7. The van der Waals surface area contributed by atoms with Crippen LogP contribution < -0.4 is 20.1 Å². The maximum absolute atomic E-state index is 12.2. The van der Waals surface area contributed by atoms with Gasteiger partial charge in [-0.3, -0.25) is 19.3 Å². The number of fused-ring (bicyclic) bond motifs is 1. The van der Waals surface area contributed by atoms with Crippen LogP contribution in [0.1, 0.15) is 27.2 Å². The largest absolute Gasteiger partial charge is 0.454 e. The van der Waals surface area contributed by atoms with Crippen LogP contribution in [0.4, 0.5) is 10.5 Å². The second kappa shape index (κ2) is 7.37. The summed E-state index contributed by atoms with van der Waals surface area (Å²) >= 11 is 0. The fraction of sp³-hybridized carbons (Fsp3) is 0.444. The first-order chi connectivity index (χ1) is 13.2. The summed E-state index contributed by atoms with van der Waals surface area (Å²) in [5, 5.41) is 5.14. The van der Waals surface area contributed by atoms with E-state index in [9.17, 15) is 19.2 Å². The van der Waals surface area contributed by atoms with E-state index in [0.29, 0.717) is 17.2 Å². The van der Waals surface area contributed by atoms with Crippen molar-refractivity contribution in [3.8, 4) is 11.5 Å². The molecule has 3 rings (SSSR count). The molecule has 10 nitrogen and oxygen atoms in total. The first-order valence-electron chi connectivity index (χ1n) is 8.71. The number of ether oxygens (including phenoxy) is 3. The molecule has 0 spiro atoms. The summed E-state index contributed by atoms with van der Waals surface area (Å²) in [6.07, 6.45) is -1.27. The lowest BCUT2D eigenvalue weighted by molar-refractivity contribution is -0.153. The maximum atomic E-state index is 12.2. The van der Waals surface area contributed by atoms with Gasteiger partial charge in [-0.15, -0.1) is 0 Å². The molecule has 0 bridgehead atoms. The van der Waals surface area contributed by atoms with E-state index in [1.807, 2.05) is 0 Å². The highest BCUT2D eigenvalue weighted by Gasteiger charge is 2.44. The number of nitrogens with zero attached hydrogens (tertiary/aromatic N) is 1. The number of hydrogen-bond donors (Lipinski definition) is 2. The van der Waals surface area contributed by atoms with Crippen LogP contribution in [-0.2, 0) is 19.1 Å². The summed E-state index contributed by atoms with van der Waals surface area (Å²) in [4.78, 5) is 49.0. The first-order valence-corrected chi connectivity index (χ1v) is 8.71. The molecule has 0 unspecified atom stereocenters. The van der Waals surface area contributed by atoms with E-state index in [4.69, 9.17) is 14.2 Å². The fourth-order valence-electron chi connectivity index (χ4n) is 2.75. The highest BCUT2D eigenvalue weighted by Crippen LogP contribution is 2.34. The van der Waals surface area contributed by atoms with E-state index in [1.54, 1.807) is 32.0 Å². The Morgan fingerprint density at radius 3 is 2.68 bits per heavy atom. The molecule has 1 aromatic rings. The van der Waals surface area contributed by atoms with E-state index in [2.05, 4.69) is 10.6 Å². The van der Waals surface area contributed by atoms with Crippen LogP contribution >= 0.6 is 0 Å². The predicted octanol–water partition coefficient (Wildman–Crippen LogP) is 1.01. The zero-order valence-electron chi connectivity index (χ0n) is 15.7. The molecule has 2 aliphatic rings. The number of anilines is 1. The minimum Gasteiger partial charge on any atom is -0.454 e. The van der Waals surface area contributed by atoms with Crippen molar-refractivity contribution in [3.63, 3.8) is 0 Å². The maximum Gasteiger partial charge on any atom is 0.325 e. The summed E-state index contributed by atoms with van der Waals surface area (Å²) in [5.41, 5.74) is -0.530. The Kier molecular flexibility index (Phi) is 5.12. The molecular weight excluding hydrogens is 370 g/mol. The van der Waals surface area contributed by atoms with Gasteiger partial charge in [0, 0.05) is 18.3 Å². The summed E-state index contributed by atoms with van der Waals surface area (Å²) in [6, 6.07) is 4.35. The van der Waals surface area contributed by atoms with Crippen molar-refractivity contribution in [2.24, 2.45) is 0 Å². The number of amides is 4. The molecule has 1 aromatic carbocycles. The molecule has 0 aromatic heterocycles. The Bertz CT molecular complexity index is 836. The van der Waals surface area contributed by atoms with Gasteiger partial charge in [-0.2, -0.15) is 0 Å². The normalized spacial score (nSPS) is 17.9. The molecule has 2 aliphatic heterocycles. The number of benzene rings is 1. The SMILES string of the molecule is C[C@@H](OC(=O)CCN1C(=O)NC(C)(C)C1=O)C(=O)Nc1ccc2c(c1)OCO2. The first kappa shape index (κ1) is 19.5. The van der Waals surface area contributed by atoms with Crippen molar-refractivity contribution in [2.75, 3.05) is 18.7 Å². The van der Waals surface area contributed by atoms with Crippen LogP contribution in [0.5, 0.6) is 11.5 Å². The Balaban J connectivity index is 1.48. The topological polar surface area (TPSA) is 123 Å². The van der Waals surface area contributed by atoms with Crippen LogP contribution in [0.2, 0.25) is 0 Å². The van der Waals surface area contributed by atoms with Gasteiger partial charge in [0.2, 0.25) is 6.79 Å². The highest BCUT2D eigenvalue weighted by atomic mass is 16.7. The smallest absolute Gasteiger partial charge is 0.325 e. The lowest BCUT2D eigenvalue weighted by atomic mass is 10.1. The summed E-state index contributed by atoms with van der Waals surface area (Å²) < 4.78 is 15.5. The van der Waals surface area contributed by atoms with Gasteiger partial charge in [0.15, 0.2) is 17.6 Å². The zero-order chi connectivity index (χ0) is 20.5. The van der Waals surface area contributed by atoms with Gasteiger partial charge in [-0.05, 0) is 32.9 Å². The zero-order valence-corrected chi connectivity index (χ0v) is 15.7. The fourth-order valence-corrected chi connectivity index (χ4v) is 2.75. The van der Waals surface area contributed by atoms with Crippen LogP contribution in [0.3, 0.4) is 0 Å². The van der Waals surface area contributed by atoms with Gasteiger partial charge in [0.05, 0.1) is 6.42 Å². The van der Waals surface area contributed by atoms with Crippen LogP contribution in [0, 0.1) is 0 Å². The minimum absolute atomic E-state index is 0.121. The number of carbonyl (C=O) groups is 4. The van der Waals surface area contributed by atoms with Crippen molar-refractivity contribution in [1.29, 1.82) is 0 Å². The van der Waals surface area contributed by atoms with Gasteiger partial charge < -0.3 is 24.8 Å². The van der Waals surface area contributed by atoms with E-state index >= 15 is 0 Å². The molecule has 0 aliphatic carbocycles. The lowest BCUT2D eigenvalue weighted by Crippen LogP contribution is -2.40. The Morgan fingerprint density at radius 2 is 2.00 bits per heavy atom. The van der Waals surface area contributed by atoms with Crippen molar-refractivity contribution >= 4 is 29.5 Å². The average Bonchev–Trinajstić information content (AvgIpc) is 3.15. The second-order valence-electron chi connectivity index (χ2n) is 6.95. The van der Waals surface area contributed by atoms with Crippen LogP contribution in [0.25, 0.3) is 0 Å². The molecule has 10 heteroatoms. The number of carbonyl (C=O) groups excluding carboxylic acids is 4. The van der Waals surface area contributed by atoms with Crippen molar-refractivity contribution in [1.82, 2.24) is 10.2 Å². The number of nitrogens with one attached hydrogen (secondary N) is 2. The molecule has 150 valence electrons. The van der Waals surface area contributed by atoms with E-state index < -0.39 is 35.5 Å². The highest BCUT2D eigenvalue weighted by molar-refractivity contribution is 6.06. The number of esters is 1. The molecule has 28 heavy (non-hydrogen) atoms. The van der Waals surface area contributed by atoms with E-state index in [0.717, 1.165) is 4.90 Å². The van der Waals surface area contributed by atoms with Gasteiger partial charge in [0.1, 0.15) is 5.54 Å². The molecule has 4 amide bonds. The minimum atomic E-state index is -1.06. The van der Waals surface area contributed by atoms with Gasteiger partial charge in [0.25, 0.3) is 11.8 Å². The quantitative estimate of drug-likeness (QED) is 0.548. The Labute approximate surface area is 161 Å². The molecule has 2 N–H and O–H groups in total. The van der Waals surface area contributed by atoms with Gasteiger partial charge in [-0.1, -0.05) is 0 Å². The molecule has 2 heterocycles. The summed E-state index contributed by atoms with van der Waals surface area (Å²) in [5.74, 6) is -0.541. The molecule has 0 saturated carbocycles. The Hall–Kier alpha value is -3.30. The van der Waals surface area contributed by atoms with E-state index in [-0.39, 0.29) is 19.8 Å². The number of urea groups is 1. The molecule has 1 saturated heterocycles. The van der Waals surface area contributed by atoms with E-state index in [1.165, 1.54) is 6.92 Å². The van der Waals surface area contributed by atoms with Gasteiger partial charge >= 0.3 is 12.0 Å². The van der Waals surface area contributed by atoms with Crippen LogP contribution in [-0.4, -0.2) is 53.7 Å². The third-order valence-corrected chi connectivity index (χ3v) is 4.30. The van der Waals surface area contributed by atoms with Crippen molar-refractivity contribution in [2.45, 2.75) is 38.8 Å². The van der Waals surface area contributed by atoms with Crippen LogP contribution in [0.15, 0.2) is 18.2 Å². The van der Waals surface area contributed by atoms with Crippen molar-refractivity contribution in [3.05, 3.63) is 18.2 Å². The molecular formula is C18H21N3O7. The third-order valence-electron chi connectivity index (χ3n) is 4.30.